The molecule has 116 valence electrons. The maximum Gasteiger partial charge on any atom is 0.167 e. The smallest absolute Gasteiger partial charge is 0.167 e. The third kappa shape index (κ3) is 2.20. The van der Waals surface area contributed by atoms with Crippen LogP contribution in [-0.4, -0.2) is 23.8 Å². The van der Waals surface area contributed by atoms with Gasteiger partial charge in [-0.3, -0.25) is 9.59 Å². The number of aromatic nitrogens is 1. The van der Waals surface area contributed by atoms with E-state index in [1.165, 1.54) is 0 Å². The summed E-state index contributed by atoms with van der Waals surface area (Å²) in [6.45, 7) is 0. The van der Waals surface area contributed by atoms with Gasteiger partial charge in [-0.05, 0) is 35.4 Å². The number of anilines is 1. The van der Waals surface area contributed by atoms with Gasteiger partial charge in [0, 0.05) is 19.2 Å². The number of nitrogens with zero attached hydrogens (tertiary/aromatic N) is 1. The lowest BCUT2D eigenvalue weighted by molar-refractivity contribution is -0.130. The second-order valence-electron chi connectivity index (χ2n) is 5.97. The van der Waals surface area contributed by atoms with Crippen molar-refractivity contribution >= 4 is 39.0 Å². The molecular formula is C18H16N2O3. The van der Waals surface area contributed by atoms with Gasteiger partial charge in [0.15, 0.2) is 5.58 Å². The summed E-state index contributed by atoms with van der Waals surface area (Å²) in [5, 5.41) is 10.3. The highest BCUT2D eigenvalue weighted by atomic mass is 16.5. The van der Waals surface area contributed by atoms with E-state index in [4.69, 9.17) is 4.52 Å². The van der Waals surface area contributed by atoms with Gasteiger partial charge < -0.3 is 9.84 Å². The number of carbonyl (C=O) groups is 2. The first-order valence-electron chi connectivity index (χ1n) is 7.71. The minimum atomic E-state index is -0.344. The summed E-state index contributed by atoms with van der Waals surface area (Å²) < 4.78 is 5.44. The standard InChI is InChI=1S/C18H16N2O3/c1-19-11-3-5-13-10(8-11)2-7-16-17(13)18(20-23-16)14-6-4-12(21)9-15(14)22/h2-3,5,7-8,14,19H,4,6,9H2,1H3. The normalized spacial score (nSPS) is 18.7. The summed E-state index contributed by atoms with van der Waals surface area (Å²) in [4.78, 5) is 23.7. The Morgan fingerprint density at radius 2 is 2.09 bits per heavy atom. The Morgan fingerprint density at radius 3 is 2.87 bits per heavy atom. The Morgan fingerprint density at radius 1 is 1.22 bits per heavy atom. The van der Waals surface area contributed by atoms with Crippen LogP contribution in [0, 0.1) is 0 Å². The largest absolute Gasteiger partial charge is 0.388 e. The molecule has 5 heteroatoms. The number of hydrogen-bond acceptors (Lipinski definition) is 5. The molecule has 23 heavy (non-hydrogen) atoms. The van der Waals surface area contributed by atoms with Crippen LogP contribution in [-0.2, 0) is 9.59 Å². The van der Waals surface area contributed by atoms with Gasteiger partial charge in [0.25, 0.3) is 0 Å². The van der Waals surface area contributed by atoms with Gasteiger partial charge in [0.05, 0.1) is 17.7 Å². The summed E-state index contributed by atoms with van der Waals surface area (Å²) in [6, 6.07) is 9.93. The first-order chi connectivity index (χ1) is 11.2. The van der Waals surface area contributed by atoms with Crippen LogP contribution >= 0.6 is 0 Å². The van der Waals surface area contributed by atoms with E-state index in [-0.39, 0.29) is 23.9 Å². The molecule has 4 rings (SSSR count). The van der Waals surface area contributed by atoms with Crippen LogP contribution in [0.4, 0.5) is 5.69 Å². The number of Topliss-reactive ketones (excluding diaryl/α,β-unsaturated/α-hetero) is 2. The van der Waals surface area contributed by atoms with Crippen molar-refractivity contribution in [3.8, 4) is 0 Å². The molecule has 1 atom stereocenters. The Hall–Kier alpha value is -2.69. The molecule has 0 spiro atoms. The first kappa shape index (κ1) is 13.9. The van der Waals surface area contributed by atoms with Gasteiger partial charge >= 0.3 is 0 Å². The molecule has 2 aromatic carbocycles. The molecule has 1 aliphatic rings. The number of nitrogens with one attached hydrogen (secondary N) is 1. The first-order valence-corrected chi connectivity index (χ1v) is 7.71. The van der Waals surface area contributed by atoms with Crippen LogP contribution in [0.3, 0.4) is 0 Å². The molecule has 1 aromatic heterocycles. The number of ketones is 2. The molecule has 1 aliphatic carbocycles. The highest BCUT2D eigenvalue weighted by molar-refractivity contribution is 6.11. The Bertz CT molecular complexity index is 942. The van der Waals surface area contributed by atoms with E-state index in [0.717, 1.165) is 21.8 Å². The molecule has 1 N–H and O–H groups in total. The van der Waals surface area contributed by atoms with Crippen molar-refractivity contribution in [2.75, 3.05) is 12.4 Å². The lowest BCUT2D eigenvalue weighted by Crippen LogP contribution is -2.23. The molecule has 0 bridgehead atoms. The van der Waals surface area contributed by atoms with E-state index >= 15 is 0 Å². The van der Waals surface area contributed by atoms with E-state index in [9.17, 15) is 9.59 Å². The summed E-state index contributed by atoms with van der Waals surface area (Å²) in [5.74, 6) is -0.383. The average Bonchev–Trinajstić information content (AvgIpc) is 2.98. The number of carbonyl (C=O) groups excluding carboxylic acids is 2. The molecule has 1 unspecified atom stereocenters. The molecule has 1 fully saturated rings. The van der Waals surface area contributed by atoms with E-state index in [1.807, 2.05) is 31.3 Å². The quantitative estimate of drug-likeness (QED) is 0.734. The van der Waals surface area contributed by atoms with Gasteiger partial charge in [-0.2, -0.15) is 0 Å². The van der Waals surface area contributed by atoms with Crippen molar-refractivity contribution in [1.82, 2.24) is 5.16 Å². The Labute approximate surface area is 132 Å². The fraction of sp³-hybridized carbons (Fsp3) is 0.278. The van der Waals surface area contributed by atoms with Crippen LogP contribution < -0.4 is 5.32 Å². The van der Waals surface area contributed by atoms with Crippen molar-refractivity contribution in [2.24, 2.45) is 0 Å². The molecule has 1 saturated carbocycles. The zero-order valence-corrected chi connectivity index (χ0v) is 12.8. The lowest BCUT2D eigenvalue weighted by Gasteiger charge is -2.18. The van der Waals surface area contributed by atoms with E-state index in [1.54, 1.807) is 0 Å². The number of fused-ring (bicyclic) bond motifs is 3. The van der Waals surface area contributed by atoms with Crippen molar-refractivity contribution in [1.29, 1.82) is 0 Å². The van der Waals surface area contributed by atoms with Crippen LogP contribution in [0.5, 0.6) is 0 Å². The molecule has 0 aliphatic heterocycles. The van der Waals surface area contributed by atoms with Gasteiger partial charge in [-0.1, -0.05) is 17.3 Å². The number of benzene rings is 2. The minimum Gasteiger partial charge on any atom is -0.388 e. The average molecular weight is 308 g/mol. The molecule has 0 amide bonds. The summed E-state index contributed by atoms with van der Waals surface area (Å²) in [5.41, 5.74) is 2.36. The van der Waals surface area contributed by atoms with E-state index < -0.39 is 0 Å². The molecule has 5 nitrogen and oxygen atoms in total. The second kappa shape index (κ2) is 5.19. The van der Waals surface area contributed by atoms with Crippen LogP contribution in [0.15, 0.2) is 34.9 Å². The van der Waals surface area contributed by atoms with Gasteiger partial charge in [0.2, 0.25) is 0 Å². The molecule has 0 radical (unpaired) electrons. The fourth-order valence-corrected chi connectivity index (χ4v) is 3.35. The van der Waals surface area contributed by atoms with Crippen molar-refractivity contribution in [2.45, 2.75) is 25.2 Å². The highest BCUT2D eigenvalue weighted by Gasteiger charge is 2.32. The monoisotopic (exact) mass is 308 g/mol. The van der Waals surface area contributed by atoms with Gasteiger partial charge in [0.1, 0.15) is 17.3 Å². The summed E-state index contributed by atoms with van der Waals surface area (Å²) >= 11 is 0. The highest BCUT2D eigenvalue weighted by Crippen LogP contribution is 2.37. The summed E-state index contributed by atoms with van der Waals surface area (Å²) in [6.07, 6.45) is 0.956. The second-order valence-corrected chi connectivity index (χ2v) is 5.97. The fourth-order valence-electron chi connectivity index (χ4n) is 3.35. The zero-order valence-electron chi connectivity index (χ0n) is 12.8. The van der Waals surface area contributed by atoms with Crippen molar-refractivity contribution in [3.63, 3.8) is 0 Å². The number of rotatable bonds is 2. The lowest BCUT2D eigenvalue weighted by atomic mass is 9.83. The number of hydrogen-bond donors (Lipinski definition) is 1. The van der Waals surface area contributed by atoms with Crippen LogP contribution in [0.2, 0.25) is 0 Å². The van der Waals surface area contributed by atoms with Crippen molar-refractivity contribution in [3.05, 3.63) is 36.0 Å². The van der Waals surface area contributed by atoms with Crippen LogP contribution in [0.1, 0.15) is 30.9 Å². The van der Waals surface area contributed by atoms with Gasteiger partial charge in [-0.25, -0.2) is 0 Å². The van der Waals surface area contributed by atoms with Crippen molar-refractivity contribution < 1.29 is 14.1 Å². The van der Waals surface area contributed by atoms with Gasteiger partial charge in [-0.15, -0.1) is 0 Å². The SMILES string of the molecule is CNc1ccc2c(ccc3onc(C4CCC(=O)CC4=O)c32)c1. The van der Waals surface area contributed by atoms with E-state index in [2.05, 4.69) is 16.5 Å². The predicted molar refractivity (Wildman–Crippen MR) is 87.7 cm³/mol. The zero-order chi connectivity index (χ0) is 16.0. The maximum absolute atomic E-state index is 12.3. The maximum atomic E-state index is 12.3. The summed E-state index contributed by atoms with van der Waals surface area (Å²) in [7, 11) is 1.88. The Balaban J connectivity index is 1.92. The molecule has 1 heterocycles. The predicted octanol–water partition coefficient (Wildman–Crippen LogP) is 3.43. The van der Waals surface area contributed by atoms with E-state index in [0.29, 0.717) is 24.1 Å². The minimum absolute atomic E-state index is 0.00763. The molecule has 0 saturated heterocycles. The Kier molecular flexibility index (Phi) is 3.15. The molecular weight excluding hydrogens is 292 g/mol. The third-order valence-electron chi connectivity index (χ3n) is 4.57. The topological polar surface area (TPSA) is 72.2 Å². The molecule has 3 aromatic rings. The third-order valence-corrected chi connectivity index (χ3v) is 4.57. The van der Waals surface area contributed by atoms with Crippen LogP contribution in [0.25, 0.3) is 21.7 Å².